The highest BCUT2D eigenvalue weighted by atomic mass is 16.6. The number of ether oxygens (including phenoxy) is 1. The largest absolute Gasteiger partial charge is 0.444 e. The second kappa shape index (κ2) is 14.1. The minimum absolute atomic E-state index is 0.00997. The van der Waals surface area contributed by atoms with Gasteiger partial charge in [-0.3, -0.25) is 14.4 Å². The first-order valence-corrected chi connectivity index (χ1v) is 16.4. The van der Waals surface area contributed by atoms with E-state index in [0.29, 0.717) is 69.7 Å². The SMILES string of the molecule is CC(CC(=O)N1CCC(O)(Cn2cc(C(=O)N3CCN(C(=O)OC(C)(C)C)CC3)c(-c3ccccc3)cc2=O)CC1)c1ccccc1. The van der Waals surface area contributed by atoms with Gasteiger partial charge in [0.05, 0.1) is 17.7 Å². The molecule has 47 heavy (non-hydrogen) atoms. The Bertz CT molecular complexity index is 1620. The molecule has 2 aromatic carbocycles. The zero-order valence-electron chi connectivity index (χ0n) is 27.9. The predicted octanol–water partition coefficient (Wildman–Crippen LogP) is 4.76. The summed E-state index contributed by atoms with van der Waals surface area (Å²) >= 11 is 0. The number of piperazine rings is 1. The van der Waals surface area contributed by atoms with Gasteiger partial charge in [-0.05, 0) is 50.7 Å². The van der Waals surface area contributed by atoms with Crippen LogP contribution in [0.15, 0.2) is 77.7 Å². The Hall–Kier alpha value is -4.44. The second-order valence-corrected chi connectivity index (χ2v) is 13.8. The number of amides is 3. The van der Waals surface area contributed by atoms with E-state index in [9.17, 15) is 24.3 Å². The number of piperidine rings is 1. The number of benzene rings is 2. The Morgan fingerprint density at radius 3 is 2.02 bits per heavy atom. The highest BCUT2D eigenvalue weighted by Gasteiger charge is 2.36. The van der Waals surface area contributed by atoms with E-state index in [1.165, 1.54) is 10.6 Å². The van der Waals surface area contributed by atoms with Crippen LogP contribution in [-0.4, -0.2) is 92.8 Å². The van der Waals surface area contributed by atoms with Gasteiger partial charge in [-0.15, -0.1) is 0 Å². The van der Waals surface area contributed by atoms with E-state index in [1.807, 2.05) is 88.4 Å². The molecule has 3 amide bonds. The van der Waals surface area contributed by atoms with Gasteiger partial charge in [0.2, 0.25) is 5.91 Å². The minimum atomic E-state index is -1.21. The fourth-order valence-corrected chi connectivity index (χ4v) is 6.25. The number of aromatic nitrogens is 1. The van der Waals surface area contributed by atoms with Crippen molar-refractivity contribution in [3.63, 3.8) is 0 Å². The molecular formula is C37H46N4O6. The van der Waals surface area contributed by atoms with Crippen molar-refractivity contribution in [3.05, 3.63) is 94.4 Å². The maximum atomic E-state index is 14.0. The number of carbonyl (C=O) groups is 3. The highest BCUT2D eigenvalue weighted by Crippen LogP contribution is 2.29. The molecular weight excluding hydrogens is 596 g/mol. The Morgan fingerprint density at radius 2 is 1.43 bits per heavy atom. The lowest BCUT2D eigenvalue weighted by atomic mass is 9.90. The zero-order valence-corrected chi connectivity index (χ0v) is 27.9. The van der Waals surface area contributed by atoms with Crippen LogP contribution in [-0.2, 0) is 16.1 Å². The maximum absolute atomic E-state index is 14.0. The molecule has 0 radical (unpaired) electrons. The molecule has 0 bridgehead atoms. The van der Waals surface area contributed by atoms with Crippen LogP contribution in [0.1, 0.15) is 68.8 Å². The van der Waals surface area contributed by atoms with Gasteiger partial charge in [0.1, 0.15) is 5.60 Å². The summed E-state index contributed by atoms with van der Waals surface area (Å²) < 4.78 is 6.92. The molecule has 1 aromatic heterocycles. The van der Waals surface area contributed by atoms with Gasteiger partial charge in [-0.25, -0.2) is 4.79 Å². The monoisotopic (exact) mass is 642 g/mol. The number of hydrogen-bond acceptors (Lipinski definition) is 6. The molecule has 2 aliphatic heterocycles. The molecule has 3 aromatic rings. The third-order valence-corrected chi connectivity index (χ3v) is 9.02. The topological polar surface area (TPSA) is 112 Å². The Balaban J connectivity index is 1.29. The number of aliphatic hydroxyl groups is 1. The quantitative estimate of drug-likeness (QED) is 0.398. The number of likely N-dealkylation sites (tertiary alicyclic amines) is 1. The molecule has 0 spiro atoms. The summed E-state index contributed by atoms with van der Waals surface area (Å²) in [6, 6.07) is 20.7. The number of rotatable bonds is 7. The van der Waals surface area contributed by atoms with Gasteiger partial charge in [0, 0.05) is 63.5 Å². The van der Waals surface area contributed by atoms with Gasteiger partial charge < -0.3 is 29.1 Å². The lowest BCUT2D eigenvalue weighted by Crippen LogP contribution is -2.52. The lowest BCUT2D eigenvalue weighted by Gasteiger charge is -2.39. The third-order valence-electron chi connectivity index (χ3n) is 9.02. The van der Waals surface area contributed by atoms with Crippen LogP contribution in [0.5, 0.6) is 0 Å². The summed E-state index contributed by atoms with van der Waals surface area (Å²) in [6.45, 7) is 9.59. The molecule has 0 saturated carbocycles. The van der Waals surface area contributed by atoms with E-state index < -0.39 is 17.3 Å². The summed E-state index contributed by atoms with van der Waals surface area (Å²) in [6.07, 6.45) is 2.18. The molecule has 2 fully saturated rings. The second-order valence-electron chi connectivity index (χ2n) is 13.8. The first kappa shape index (κ1) is 33.9. The van der Waals surface area contributed by atoms with Crippen molar-refractivity contribution in [2.45, 2.75) is 70.6 Å². The van der Waals surface area contributed by atoms with Crippen LogP contribution in [0.4, 0.5) is 4.79 Å². The number of nitrogens with zero attached hydrogens (tertiary/aromatic N) is 4. The fourth-order valence-electron chi connectivity index (χ4n) is 6.25. The first-order chi connectivity index (χ1) is 22.3. The van der Waals surface area contributed by atoms with Crippen molar-refractivity contribution < 1.29 is 24.2 Å². The van der Waals surface area contributed by atoms with Crippen molar-refractivity contribution in [1.82, 2.24) is 19.3 Å². The smallest absolute Gasteiger partial charge is 0.410 e. The van der Waals surface area contributed by atoms with Crippen molar-refractivity contribution in [2.24, 2.45) is 0 Å². The molecule has 2 saturated heterocycles. The number of carbonyl (C=O) groups excluding carboxylic acids is 3. The first-order valence-electron chi connectivity index (χ1n) is 16.4. The standard InChI is InChI=1S/C37H46N4O6/c1-27(28-11-7-5-8-12-28)23-32(42)38-17-15-37(46,16-18-38)26-41-25-31(30(24-33(41)43)29-13-9-6-10-14-29)34(44)39-19-21-40(22-20-39)35(45)47-36(2,3)4/h5-14,24-25,27,46H,15-23,26H2,1-4H3. The molecule has 1 N–H and O–H groups in total. The van der Waals surface area contributed by atoms with Crippen molar-refractivity contribution in [1.29, 1.82) is 0 Å². The Kier molecular flexibility index (Phi) is 10.2. The lowest BCUT2D eigenvalue weighted by molar-refractivity contribution is -0.136. The van der Waals surface area contributed by atoms with Gasteiger partial charge in [0.25, 0.3) is 11.5 Å². The van der Waals surface area contributed by atoms with Crippen LogP contribution in [0.2, 0.25) is 0 Å². The molecule has 0 aliphatic carbocycles. The molecule has 1 atom stereocenters. The van der Waals surface area contributed by atoms with E-state index in [0.717, 1.165) is 11.1 Å². The fraction of sp³-hybridized carbons (Fsp3) is 0.459. The van der Waals surface area contributed by atoms with Gasteiger partial charge in [-0.1, -0.05) is 67.6 Å². The molecule has 2 aliphatic rings. The maximum Gasteiger partial charge on any atom is 0.410 e. The summed E-state index contributed by atoms with van der Waals surface area (Å²) in [5.74, 6) is -0.115. The van der Waals surface area contributed by atoms with Crippen molar-refractivity contribution >= 4 is 17.9 Å². The molecule has 3 heterocycles. The van der Waals surface area contributed by atoms with E-state index in [-0.39, 0.29) is 29.8 Å². The van der Waals surface area contributed by atoms with E-state index >= 15 is 0 Å². The third kappa shape index (κ3) is 8.48. The molecule has 5 rings (SSSR count). The van der Waals surface area contributed by atoms with Crippen molar-refractivity contribution in [3.8, 4) is 11.1 Å². The highest BCUT2D eigenvalue weighted by molar-refractivity contribution is 6.00. The van der Waals surface area contributed by atoms with Gasteiger partial charge in [0.15, 0.2) is 0 Å². The molecule has 10 nitrogen and oxygen atoms in total. The Morgan fingerprint density at radius 1 is 0.851 bits per heavy atom. The summed E-state index contributed by atoms with van der Waals surface area (Å²) in [7, 11) is 0. The normalized spacial score (nSPS) is 17.3. The number of pyridine rings is 1. The average Bonchev–Trinajstić information content (AvgIpc) is 3.05. The number of hydrogen-bond donors (Lipinski definition) is 1. The molecule has 250 valence electrons. The summed E-state index contributed by atoms with van der Waals surface area (Å²) in [4.78, 5) is 58.2. The van der Waals surface area contributed by atoms with Crippen molar-refractivity contribution in [2.75, 3.05) is 39.3 Å². The van der Waals surface area contributed by atoms with Crippen LogP contribution in [0.3, 0.4) is 0 Å². The van der Waals surface area contributed by atoms with E-state index in [1.54, 1.807) is 20.9 Å². The average molecular weight is 643 g/mol. The van der Waals surface area contributed by atoms with Crippen LogP contribution in [0, 0.1) is 0 Å². The molecule has 1 unspecified atom stereocenters. The van der Waals surface area contributed by atoms with E-state index in [4.69, 9.17) is 4.74 Å². The summed E-state index contributed by atoms with van der Waals surface area (Å²) in [5.41, 5.74) is 0.585. The minimum Gasteiger partial charge on any atom is -0.444 e. The molecule has 10 heteroatoms. The Labute approximate surface area is 276 Å². The van der Waals surface area contributed by atoms with Gasteiger partial charge in [-0.2, -0.15) is 0 Å². The van der Waals surface area contributed by atoms with Gasteiger partial charge >= 0.3 is 6.09 Å². The zero-order chi connectivity index (χ0) is 33.8. The van der Waals surface area contributed by atoms with Crippen LogP contribution < -0.4 is 5.56 Å². The summed E-state index contributed by atoms with van der Waals surface area (Å²) in [5, 5.41) is 11.6. The van der Waals surface area contributed by atoms with E-state index in [2.05, 4.69) is 0 Å². The van der Waals surface area contributed by atoms with Crippen LogP contribution >= 0.6 is 0 Å². The predicted molar refractivity (Wildman–Crippen MR) is 180 cm³/mol. The van der Waals surface area contributed by atoms with Crippen LogP contribution in [0.25, 0.3) is 11.1 Å².